The Bertz CT molecular complexity index is 1390. The van der Waals surface area contributed by atoms with Crippen molar-refractivity contribution >= 4 is 29.6 Å². The monoisotopic (exact) mass is 478 g/mol. The molecule has 0 saturated heterocycles. The van der Waals surface area contributed by atoms with Gasteiger partial charge in [0, 0.05) is 11.1 Å². The van der Waals surface area contributed by atoms with Crippen molar-refractivity contribution in [2.24, 2.45) is 0 Å². The van der Waals surface area contributed by atoms with Crippen LogP contribution in [0.15, 0.2) is 97.1 Å². The molecule has 35 heavy (non-hydrogen) atoms. The largest absolute Gasteiger partial charge is 0.206 e. The lowest BCUT2D eigenvalue weighted by Crippen LogP contribution is -2.29. The van der Waals surface area contributed by atoms with Crippen molar-refractivity contribution in [2.45, 2.75) is 26.9 Å². The fraction of sp³-hybridized carbons (Fsp3) is 0.125. The van der Waals surface area contributed by atoms with Crippen LogP contribution in [-0.4, -0.2) is 8.07 Å². The van der Waals surface area contributed by atoms with E-state index in [2.05, 4.69) is 63.3 Å². The Hall–Kier alpha value is -3.56. The number of benzene rings is 4. The molecular weight excluding hydrogens is 450 g/mol. The summed E-state index contributed by atoms with van der Waals surface area (Å²) >= 11 is 0. The van der Waals surface area contributed by atoms with E-state index in [9.17, 15) is 0 Å². The first kappa shape index (κ1) is 23.2. The third kappa shape index (κ3) is 4.00. The van der Waals surface area contributed by atoms with E-state index in [4.69, 9.17) is 0 Å². The molecule has 0 nitrogen and oxygen atoms in total. The lowest BCUT2D eigenvalue weighted by atomic mass is 9.88. The minimum atomic E-state index is -2.59. The van der Waals surface area contributed by atoms with Crippen LogP contribution in [0.3, 0.4) is 0 Å². The molecule has 0 atom stereocenters. The van der Waals surface area contributed by atoms with Gasteiger partial charge in [0.1, 0.15) is 19.7 Å². The van der Waals surface area contributed by atoms with Gasteiger partial charge in [0.05, 0.1) is 0 Å². The van der Waals surface area contributed by atoms with Crippen molar-refractivity contribution in [3.8, 4) is 0 Å². The quantitative estimate of drug-likeness (QED) is 0.257. The second-order valence-corrected chi connectivity index (χ2v) is 14.1. The molecule has 0 spiro atoms. The number of hydrogen-bond donors (Lipinski definition) is 0. The van der Waals surface area contributed by atoms with E-state index < -0.39 is 8.07 Å². The summed E-state index contributed by atoms with van der Waals surface area (Å²) in [7, 11) is -2.59. The average Bonchev–Trinajstić information content (AvgIpc) is 3.07. The van der Waals surface area contributed by atoms with Crippen LogP contribution >= 0.6 is 0 Å². The van der Waals surface area contributed by atoms with E-state index in [0.29, 0.717) is 11.1 Å². The van der Waals surface area contributed by atoms with Gasteiger partial charge in [0.25, 0.3) is 0 Å². The summed E-state index contributed by atoms with van der Waals surface area (Å²) < 4.78 is 30.9. The third-order valence-electron chi connectivity index (χ3n) is 6.90. The standard InChI is InChI=1S/C32H28F2Si/c1-21-11-9-13-23(19-21)29-30(24-14-10-12-22(2)20-24)32(26-16-6-8-18-28(26)34)35(3,4)31(29)25-15-5-7-17-27(25)33/h5-20H,1-4H3. The zero-order valence-corrected chi connectivity index (χ0v) is 21.5. The van der Waals surface area contributed by atoms with Gasteiger partial charge in [0.2, 0.25) is 0 Å². The fourth-order valence-corrected chi connectivity index (χ4v) is 9.24. The normalized spacial score (nSPS) is 15.1. The Kier molecular flexibility index (Phi) is 5.90. The van der Waals surface area contributed by atoms with E-state index in [1.54, 1.807) is 12.1 Å². The maximum absolute atomic E-state index is 15.5. The smallest absolute Gasteiger partial charge is 0.130 e. The maximum Gasteiger partial charge on any atom is 0.130 e. The topological polar surface area (TPSA) is 0 Å². The van der Waals surface area contributed by atoms with Crippen molar-refractivity contribution < 1.29 is 8.78 Å². The Balaban J connectivity index is 1.98. The molecule has 5 rings (SSSR count). The Morgan fingerprint density at radius 2 is 0.914 bits per heavy atom. The number of halogens is 2. The molecule has 3 heteroatoms. The first-order valence-corrected chi connectivity index (χ1v) is 14.9. The third-order valence-corrected chi connectivity index (χ3v) is 10.4. The lowest BCUT2D eigenvalue weighted by Gasteiger charge is -2.27. The Morgan fingerprint density at radius 1 is 0.514 bits per heavy atom. The highest BCUT2D eigenvalue weighted by molar-refractivity contribution is 7.13. The number of rotatable bonds is 4. The molecule has 0 bridgehead atoms. The van der Waals surface area contributed by atoms with Gasteiger partial charge in [-0.05, 0) is 58.6 Å². The van der Waals surface area contributed by atoms with Gasteiger partial charge in [0.15, 0.2) is 0 Å². The van der Waals surface area contributed by atoms with Crippen LogP contribution in [-0.2, 0) is 0 Å². The van der Waals surface area contributed by atoms with E-state index in [-0.39, 0.29) is 11.6 Å². The van der Waals surface area contributed by atoms with Gasteiger partial charge < -0.3 is 0 Å². The van der Waals surface area contributed by atoms with Crippen molar-refractivity contribution in [1.82, 2.24) is 0 Å². The minimum absolute atomic E-state index is 0.244. The fourth-order valence-electron chi connectivity index (χ4n) is 5.45. The van der Waals surface area contributed by atoms with Crippen molar-refractivity contribution in [1.29, 1.82) is 0 Å². The highest BCUT2D eigenvalue weighted by Gasteiger charge is 2.45. The zero-order chi connectivity index (χ0) is 24.7. The Morgan fingerprint density at radius 3 is 1.29 bits per heavy atom. The predicted molar refractivity (Wildman–Crippen MR) is 146 cm³/mol. The molecule has 0 N–H and O–H groups in total. The van der Waals surface area contributed by atoms with E-state index in [0.717, 1.165) is 43.8 Å². The summed E-state index contributed by atoms with van der Waals surface area (Å²) in [5.74, 6) is -0.488. The molecule has 0 amide bonds. The maximum atomic E-state index is 15.5. The molecule has 0 aliphatic carbocycles. The first-order valence-electron chi connectivity index (χ1n) is 11.9. The molecule has 4 aromatic carbocycles. The van der Waals surface area contributed by atoms with Gasteiger partial charge in [-0.3, -0.25) is 0 Å². The molecule has 0 fully saturated rings. The summed E-state index contributed by atoms with van der Waals surface area (Å²) in [6.07, 6.45) is 0. The lowest BCUT2D eigenvalue weighted by molar-refractivity contribution is 0.624. The highest BCUT2D eigenvalue weighted by atomic mass is 28.3. The van der Waals surface area contributed by atoms with Crippen LogP contribution in [0.4, 0.5) is 8.78 Å². The minimum Gasteiger partial charge on any atom is -0.206 e. The molecule has 0 radical (unpaired) electrons. The van der Waals surface area contributed by atoms with Crippen molar-refractivity contribution in [3.63, 3.8) is 0 Å². The molecule has 1 heterocycles. The second kappa shape index (κ2) is 8.90. The van der Waals surface area contributed by atoms with Crippen LogP contribution in [0.2, 0.25) is 13.1 Å². The van der Waals surface area contributed by atoms with Crippen LogP contribution < -0.4 is 0 Å². The number of aryl methyl sites for hydroxylation is 2. The summed E-state index contributed by atoms with van der Waals surface area (Å²) in [5.41, 5.74) is 7.57. The van der Waals surface area contributed by atoms with Gasteiger partial charge >= 0.3 is 0 Å². The SMILES string of the molecule is Cc1cccc(C2=C(c3ccccc3F)[Si](C)(C)C(c3ccccc3F)=C2c2cccc(C)c2)c1. The van der Waals surface area contributed by atoms with E-state index in [1.165, 1.54) is 12.1 Å². The predicted octanol–water partition coefficient (Wildman–Crippen LogP) is 8.90. The van der Waals surface area contributed by atoms with Crippen LogP contribution in [0.5, 0.6) is 0 Å². The van der Waals surface area contributed by atoms with Gasteiger partial charge in [-0.1, -0.05) is 109 Å². The second-order valence-electron chi connectivity index (χ2n) is 9.82. The molecule has 0 saturated carbocycles. The molecule has 0 unspecified atom stereocenters. The van der Waals surface area contributed by atoms with Crippen LogP contribution in [0.25, 0.3) is 21.5 Å². The first-order chi connectivity index (χ1) is 16.8. The van der Waals surface area contributed by atoms with Gasteiger partial charge in [-0.25, -0.2) is 8.78 Å². The number of hydrogen-bond acceptors (Lipinski definition) is 0. The highest BCUT2D eigenvalue weighted by Crippen LogP contribution is 2.56. The molecule has 4 aromatic rings. The zero-order valence-electron chi connectivity index (χ0n) is 20.5. The van der Waals surface area contributed by atoms with Crippen LogP contribution in [0, 0.1) is 25.5 Å². The average molecular weight is 479 g/mol. The Labute approximate surface area is 207 Å². The molecule has 1 aliphatic rings. The summed E-state index contributed by atoms with van der Waals surface area (Å²) in [6.45, 7) is 8.57. The van der Waals surface area contributed by atoms with Gasteiger partial charge in [-0.15, -0.1) is 0 Å². The molecule has 0 aromatic heterocycles. The summed E-state index contributed by atoms with van der Waals surface area (Å²) in [6, 6.07) is 30.7. The van der Waals surface area contributed by atoms with E-state index >= 15 is 8.78 Å². The van der Waals surface area contributed by atoms with Gasteiger partial charge in [-0.2, -0.15) is 0 Å². The van der Waals surface area contributed by atoms with Crippen molar-refractivity contribution in [3.05, 3.63) is 142 Å². The molecular formula is C32H28F2Si. The van der Waals surface area contributed by atoms with Crippen LogP contribution in [0.1, 0.15) is 33.4 Å². The summed E-state index contributed by atoms with van der Waals surface area (Å²) in [4.78, 5) is 0. The summed E-state index contributed by atoms with van der Waals surface area (Å²) in [5, 5.41) is 2.02. The van der Waals surface area contributed by atoms with Crippen molar-refractivity contribution in [2.75, 3.05) is 0 Å². The number of allylic oxidation sites excluding steroid dienone is 2. The van der Waals surface area contributed by atoms with E-state index in [1.807, 2.05) is 36.4 Å². The molecule has 174 valence electrons. The molecule has 1 aliphatic heterocycles.